The Morgan fingerprint density at radius 2 is 1.94 bits per heavy atom. The number of piperidine rings is 1. The molecule has 0 saturated carbocycles. The summed E-state index contributed by atoms with van der Waals surface area (Å²) in [5.41, 5.74) is 2.63. The zero-order valence-electron chi connectivity index (χ0n) is 18.7. The standard InChI is InChI=1S/C24H24N6O3S/c1-2-20(34)29-9-7-16(8-10-29)30-22-17(23(32)28-24(30)33)12-26-19-6-5-18(27-21(19)22)14-3-4-15(13-31)25-11-14/h3-6,11-12,16,31H,2,7-10,13H2,1H3,(H,28,32,33). The topological polar surface area (TPSA) is 117 Å². The van der Waals surface area contributed by atoms with Crippen LogP contribution in [0.1, 0.15) is 37.9 Å². The fraction of sp³-hybridized carbons (Fsp3) is 0.333. The first-order chi connectivity index (χ1) is 16.5. The number of hydrogen-bond acceptors (Lipinski definition) is 7. The van der Waals surface area contributed by atoms with E-state index in [-0.39, 0.29) is 12.6 Å². The zero-order valence-corrected chi connectivity index (χ0v) is 19.5. The van der Waals surface area contributed by atoms with Gasteiger partial charge in [0.25, 0.3) is 5.56 Å². The molecule has 34 heavy (non-hydrogen) atoms. The van der Waals surface area contributed by atoms with Gasteiger partial charge in [-0.25, -0.2) is 9.78 Å². The third-order valence-corrected chi connectivity index (χ3v) is 6.93. The highest BCUT2D eigenvalue weighted by Gasteiger charge is 2.25. The van der Waals surface area contributed by atoms with Gasteiger partial charge in [-0.2, -0.15) is 0 Å². The Morgan fingerprint density at radius 3 is 2.62 bits per heavy atom. The Hall–Kier alpha value is -3.50. The van der Waals surface area contributed by atoms with Crippen LogP contribution in [0.3, 0.4) is 0 Å². The summed E-state index contributed by atoms with van der Waals surface area (Å²) in [6.07, 6.45) is 5.43. The summed E-state index contributed by atoms with van der Waals surface area (Å²) in [6, 6.07) is 7.13. The molecule has 1 aliphatic heterocycles. The summed E-state index contributed by atoms with van der Waals surface area (Å²) in [4.78, 5) is 44.8. The van der Waals surface area contributed by atoms with Crippen LogP contribution in [0.2, 0.25) is 0 Å². The number of nitrogens with one attached hydrogen (secondary N) is 1. The maximum absolute atomic E-state index is 13.1. The number of thiocarbonyl (C=S) groups is 1. The average molecular weight is 477 g/mol. The number of aromatic nitrogens is 5. The number of aliphatic hydroxyl groups is 1. The van der Waals surface area contributed by atoms with Gasteiger partial charge in [0.05, 0.1) is 39.4 Å². The van der Waals surface area contributed by atoms with Crippen LogP contribution in [0.5, 0.6) is 0 Å². The summed E-state index contributed by atoms with van der Waals surface area (Å²) in [7, 11) is 0. The van der Waals surface area contributed by atoms with Crippen molar-refractivity contribution in [3.05, 3.63) is 63.2 Å². The molecule has 0 aromatic carbocycles. The van der Waals surface area contributed by atoms with Crippen LogP contribution in [-0.2, 0) is 6.61 Å². The largest absolute Gasteiger partial charge is 0.390 e. The highest BCUT2D eigenvalue weighted by Crippen LogP contribution is 2.29. The van der Waals surface area contributed by atoms with Gasteiger partial charge >= 0.3 is 5.69 Å². The summed E-state index contributed by atoms with van der Waals surface area (Å²) < 4.78 is 1.68. The lowest BCUT2D eigenvalue weighted by atomic mass is 10.0. The number of pyridine rings is 3. The lowest BCUT2D eigenvalue weighted by Crippen LogP contribution is -2.41. The Labute approximate surface area is 200 Å². The summed E-state index contributed by atoms with van der Waals surface area (Å²) >= 11 is 5.46. The van der Waals surface area contributed by atoms with Crippen LogP contribution < -0.4 is 11.2 Å². The Morgan fingerprint density at radius 1 is 1.15 bits per heavy atom. The highest BCUT2D eigenvalue weighted by molar-refractivity contribution is 7.80. The maximum atomic E-state index is 13.1. The molecule has 5 heterocycles. The third kappa shape index (κ3) is 3.88. The van der Waals surface area contributed by atoms with Crippen molar-refractivity contribution in [3.63, 3.8) is 0 Å². The van der Waals surface area contributed by atoms with Crippen molar-refractivity contribution in [3.8, 4) is 11.3 Å². The second kappa shape index (κ2) is 9.03. The van der Waals surface area contributed by atoms with Crippen LogP contribution in [0, 0.1) is 0 Å². The molecule has 0 amide bonds. The maximum Gasteiger partial charge on any atom is 0.329 e. The second-order valence-electron chi connectivity index (χ2n) is 8.38. The number of hydrogen-bond donors (Lipinski definition) is 2. The fourth-order valence-electron chi connectivity index (χ4n) is 4.57. The Balaban J connectivity index is 1.67. The number of rotatable bonds is 4. The van der Waals surface area contributed by atoms with Crippen molar-refractivity contribution in [1.29, 1.82) is 0 Å². The van der Waals surface area contributed by atoms with Gasteiger partial charge < -0.3 is 10.0 Å². The first-order valence-electron chi connectivity index (χ1n) is 11.3. The smallest absolute Gasteiger partial charge is 0.329 e. The normalized spacial score (nSPS) is 14.7. The predicted molar refractivity (Wildman–Crippen MR) is 134 cm³/mol. The first-order valence-corrected chi connectivity index (χ1v) is 11.7. The molecule has 0 spiro atoms. The molecule has 0 unspecified atom stereocenters. The van der Waals surface area contributed by atoms with Crippen molar-refractivity contribution >= 4 is 39.1 Å². The van der Waals surface area contributed by atoms with E-state index in [1.807, 2.05) is 25.1 Å². The van der Waals surface area contributed by atoms with E-state index < -0.39 is 11.2 Å². The molecule has 0 atom stereocenters. The van der Waals surface area contributed by atoms with Gasteiger partial charge in [0.1, 0.15) is 5.52 Å². The minimum Gasteiger partial charge on any atom is -0.390 e. The molecule has 5 rings (SSSR count). The summed E-state index contributed by atoms with van der Waals surface area (Å²) in [5.74, 6) is 0. The van der Waals surface area contributed by atoms with Crippen LogP contribution >= 0.6 is 12.2 Å². The number of nitrogens with zero attached hydrogens (tertiary/aromatic N) is 5. The number of H-pyrrole nitrogens is 1. The molecule has 0 radical (unpaired) electrons. The van der Waals surface area contributed by atoms with Crippen LogP contribution in [0.15, 0.2) is 46.2 Å². The van der Waals surface area contributed by atoms with E-state index in [1.54, 1.807) is 16.8 Å². The van der Waals surface area contributed by atoms with E-state index in [0.29, 0.717) is 33.3 Å². The van der Waals surface area contributed by atoms with Crippen LogP contribution in [0.25, 0.3) is 33.2 Å². The Bertz CT molecular complexity index is 1500. The van der Waals surface area contributed by atoms with E-state index in [9.17, 15) is 14.7 Å². The molecule has 2 N–H and O–H groups in total. The van der Waals surface area contributed by atoms with Crippen molar-refractivity contribution in [1.82, 2.24) is 29.4 Å². The molecule has 9 nitrogen and oxygen atoms in total. The first kappa shape index (κ1) is 22.3. The van der Waals surface area contributed by atoms with Gasteiger partial charge in [-0.05, 0) is 43.5 Å². The fourth-order valence-corrected chi connectivity index (χ4v) is 4.75. The van der Waals surface area contributed by atoms with Gasteiger partial charge in [0.15, 0.2) is 0 Å². The Kier molecular flexibility index (Phi) is 5.93. The van der Waals surface area contributed by atoms with E-state index in [0.717, 1.165) is 42.9 Å². The molecular formula is C24H24N6O3S. The van der Waals surface area contributed by atoms with Crippen LogP contribution in [-0.4, -0.2) is 52.6 Å². The van der Waals surface area contributed by atoms with E-state index in [4.69, 9.17) is 17.2 Å². The lowest BCUT2D eigenvalue weighted by molar-refractivity contribution is 0.266. The van der Waals surface area contributed by atoms with Crippen molar-refractivity contribution in [2.75, 3.05) is 13.1 Å². The number of aromatic amines is 1. The second-order valence-corrected chi connectivity index (χ2v) is 8.85. The molecule has 174 valence electrons. The average Bonchev–Trinajstić information content (AvgIpc) is 2.88. The molecule has 4 aromatic rings. The van der Waals surface area contributed by atoms with E-state index in [1.165, 1.54) is 6.20 Å². The van der Waals surface area contributed by atoms with E-state index in [2.05, 4.69) is 19.9 Å². The molecule has 0 bridgehead atoms. The van der Waals surface area contributed by atoms with Crippen molar-refractivity contribution in [2.24, 2.45) is 0 Å². The minimum atomic E-state index is -0.476. The molecular weight excluding hydrogens is 452 g/mol. The molecule has 1 saturated heterocycles. The van der Waals surface area contributed by atoms with Crippen molar-refractivity contribution < 1.29 is 5.11 Å². The summed E-state index contributed by atoms with van der Waals surface area (Å²) in [6.45, 7) is 3.42. The number of aliphatic hydroxyl groups excluding tert-OH is 1. The number of fused-ring (bicyclic) bond motifs is 3. The van der Waals surface area contributed by atoms with Crippen LogP contribution in [0.4, 0.5) is 0 Å². The van der Waals surface area contributed by atoms with Gasteiger partial charge in [-0.15, -0.1) is 0 Å². The van der Waals surface area contributed by atoms with E-state index >= 15 is 0 Å². The quantitative estimate of drug-likeness (QED) is 0.341. The zero-order chi connectivity index (χ0) is 23.8. The number of likely N-dealkylation sites (tertiary alicyclic amines) is 1. The molecule has 10 heteroatoms. The van der Waals surface area contributed by atoms with Gasteiger partial charge in [-0.1, -0.05) is 19.1 Å². The van der Waals surface area contributed by atoms with Crippen molar-refractivity contribution in [2.45, 2.75) is 38.8 Å². The molecule has 4 aromatic heterocycles. The summed E-state index contributed by atoms with van der Waals surface area (Å²) in [5, 5.41) is 9.60. The molecule has 0 aliphatic carbocycles. The monoisotopic (exact) mass is 476 g/mol. The third-order valence-electron chi connectivity index (χ3n) is 6.38. The minimum absolute atomic E-state index is 0.0932. The molecule has 1 fully saturated rings. The van der Waals surface area contributed by atoms with Gasteiger partial charge in [-0.3, -0.25) is 24.3 Å². The highest BCUT2D eigenvalue weighted by atomic mass is 32.1. The van der Waals surface area contributed by atoms with Gasteiger partial charge in [0, 0.05) is 37.1 Å². The molecule has 1 aliphatic rings. The SMILES string of the molecule is CCC(=S)N1CCC(n2c(=O)[nH]c(=O)c3cnc4ccc(-c5ccc(CO)nc5)nc4c32)CC1. The lowest BCUT2D eigenvalue weighted by Gasteiger charge is -2.34. The predicted octanol–water partition coefficient (Wildman–Crippen LogP) is 2.56. The van der Waals surface area contributed by atoms with Gasteiger partial charge in [0.2, 0.25) is 0 Å².